The Morgan fingerprint density at radius 1 is 0.962 bits per heavy atom. The van der Waals surface area contributed by atoms with Gasteiger partial charge in [-0.1, -0.05) is 86.6 Å². The third-order valence-electron chi connectivity index (χ3n) is 3.72. The molecule has 0 saturated heterocycles. The van der Waals surface area contributed by atoms with Crippen LogP contribution in [-0.2, 0) is 0 Å². The average molecular weight is 359 g/mol. The minimum absolute atomic E-state index is 0.626. The normalized spacial score (nSPS) is 12.8. The summed E-state index contributed by atoms with van der Waals surface area (Å²) >= 11 is 0. The van der Waals surface area contributed by atoms with Crippen LogP contribution >= 0.6 is 9.12 Å². The summed E-state index contributed by atoms with van der Waals surface area (Å²) < 4.78 is 1.69. The van der Waals surface area contributed by atoms with Gasteiger partial charge in [-0.15, -0.1) is 9.12 Å². The van der Waals surface area contributed by atoms with Gasteiger partial charge in [-0.25, -0.2) is 4.71 Å². The van der Waals surface area contributed by atoms with Gasteiger partial charge in [0.15, 0.2) is 0 Å². The van der Waals surface area contributed by atoms with Gasteiger partial charge in [0.25, 0.3) is 0 Å². The second-order valence-corrected chi connectivity index (χ2v) is 5.79. The maximum Gasteiger partial charge on any atom is 0.314 e. The maximum absolute atomic E-state index is 4.68. The highest BCUT2D eigenvalue weighted by Gasteiger charge is 2.15. The van der Waals surface area contributed by atoms with Crippen molar-refractivity contribution >= 4 is 38.4 Å². The van der Waals surface area contributed by atoms with E-state index in [1.165, 1.54) is 0 Å². The van der Waals surface area contributed by atoms with Crippen molar-refractivity contribution in [3.8, 4) is 0 Å². The van der Waals surface area contributed by atoms with Crippen LogP contribution < -0.4 is 0 Å². The zero-order valence-electron chi connectivity index (χ0n) is 15.1. The number of aromatic nitrogens is 3. The molecule has 0 aliphatic heterocycles. The predicted octanol–water partition coefficient (Wildman–Crippen LogP) is 4.88. The van der Waals surface area contributed by atoms with Gasteiger partial charge in [0.05, 0.1) is 0 Å². The molecule has 0 saturated carbocycles. The Labute approximate surface area is 158 Å². The molecule has 130 valence electrons. The lowest BCUT2D eigenvalue weighted by atomic mass is 9.96. The molecule has 1 aromatic heterocycles. The standard InChI is InChI=1S/C21H23BN3P/c1-5-9-13-17(12-8-4)19-15-14-18(16(10-6-2)11-7-3)20-21(19)24-25(22-26)23-20/h5-15,22H,1-2,4,26H2,3H3/b11-7-,13-9-,16-10+,17-12+. The minimum Gasteiger partial charge on any atom is -0.235 e. The number of rotatable bonds is 8. The largest absolute Gasteiger partial charge is 0.314 e. The third kappa shape index (κ3) is 4.28. The Morgan fingerprint density at radius 3 is 1.92 bits per heavy atom. The molecule has 3 nitrogen and oxygen atoms in total. The van der Waals surface area contributed by atoms with Crippen molar-refractivity contribution in [2.24, 2.45) is 0 Å². The second kappa shape index (κ2) is 9.69. The molecule has 2 rings (SSSR count). The fourth-order valence-corrected chi connectivity index (χ4v) is 2.82. The monoisotopic (exact) mass is 359 g/mol. The maximum atomic E-state index is 4.68. The number of allylic oxidation sites excluding steroid dienone is 11. The van der Waals surface area contributed by atoms with Crippen LogP contribution in [0.25, 0.3) is 22.2 Å². The summed E-state index contributed by atoms with van der Waals surface area (Å²) in [5.41, 5.74) is 5.80. The van der Waals surface area contributed by atoms with Crippen molar-refractivity contribution in [2.45, 2.75) is 6.92 Å². The summed E-state index contributed by atoms with van der Waals surface area (Å²) in [6.07, 6.45) is 17.2. The van der Waals surface area contributed by atoms with E-state index in [-0.39, 0.29) is 0 Å². The summed E-state index contributed by atoms with van der Waals surface area (Å²) in [5, 5.41) is 9.36. The minimum atomic E-state index is 0.626. The molecule has 0 bridgehead atoms. The lowest BCUT2D eigenvalue weighted by Gasteiger charge is -2.08. The highest BCUT2D eigenvalue weighted by atomic mass is 31.0. The van der Waals surface area contributed by atoms with Crippen molar-refractivity contribution in [3.05, 3.63) is 97.7 Å². The van der Waals surface area contributed by atoms with Crippen molar-refractivity contribution in [2.75, 3.05) is 0 Å². The molecular weight excluding hydrogens is 336 g/mol. The van der Waals surface area contributed by atoms with Crippen LogP contribution in [0.3, 0.4) is 0 Å². The number of hydrogen-bond acceptors (Lipinski definition) is 2. The zero-order chi connectivity index (χ0) is 18.9. The molecule has 5 heteroatoms. The fourth-order valence-electron chi connectivity index (χ4n) is 2.66. The number of nitrogens with zero attached hydrogens (tertiary/aromatic N) is 3. The summed E-state index contributed by atoms with van der Waals surface area (Å²) in [5.74, 6) is 0. The Bertz CT molecular complexity index is 946. The van der Waals surface area contributed by atoms with E-state index in [9.17, 15) is 0 Å². The molecule has 1 atom stereocenters. The number of hydrogen-bond donors (Lipinski definition) is 0. The second-order valence-electron chi connectivity index (χ2n) is 5.42. The average Bonchev–Trinajstić information content (AvgIpc) is 3.09. The quantitative estimate of drug-likeness (QED) is 0.382. The Kier molecular flexibility index (Phi) is 7.31. The number of benzene rings is 1. The summed E-state index contributed by atoms with van der Waals surface area (Å²) in [7, 11) is 3.28. The first-order valence-electron chi connectivity index (χ1n) is 8.36. The Hall–Kier alpha value is -2.71. The lowest BCUT2D eigenvalue weighted by Crippen LogP contribution is -2.02. The third-order valence-corrected chi connectivity index (χ3v) is 4.05. The van der Waals surface area contributed by atoms with E-state index in [0.29, 0.717) is 7.13 Å². The van der Waals surface area contributed by atoms with Crippen LogP contribution in [0.4, 0.5) is 0 Å². The van der Waals surface area contributed by atoms with E-state index >= 15 is 0 Å². The molecule has 1 unspecified atom stereocenters. The molecule has 0 amide bonds. The van der Waals surface area contributed by atoms with E-state index in [2.05, 4.69) is 51.2 Å². The molecule has 0 aliphatic carbocycles. The fraction of sp³-hybridized carbons (Fsp3) is 0.0476. The van der Waals surface area contributed by atoms with Gasteiger partial charge in [0, 0.05) is 11.1 Å². The van der Waals surface area contributed by atoms with Crippen molar-refractivity contribution < 1.29 is 0 Å². The Balaban J connectivity index is 2.81. The topological polar surface area (TPSA) is 30.7 Å². The van der Waals surface area contributed by atoms with Crippen LogP contribution in [0.15, 0.2) is 86.6 Å². The van der Waals surface area contributed by atoms with Gasteiger partial charge in [0.2, 0.25) is 0 Å². The highest BCUT2D eigenvalue weighted by Crippen LogP contribution is 2.30. The summed E-state index contributed by atoms with van der Waals surface area (Å²) in [4.78, 5) is 0. The molecule has 0 spiro atoms. The smallest absolute Gasteiger partial charge is 0.235 e. The van der Waals surface area contributed by atoms with Crippen molar-refractivity contribution in [3.63, 3.8) is 0 Å². The van der Waals surface area contributed by atoms with Crippen LogP contribution in [-0.4, -0.2) is 22.0 Å². The molecule has 0 aliphatic rings. The summed E-state index contributed by atoms with van der Waals surface area (Å²) in [6.45, 7) is 13.4. The molecule has 1 heterocycles. The first kappa shape index (κ1) is 19.6. The van der Waals surface area contributed by atoms with Crippen molar-refractivity contribution in [1.82, 2.24) is 14.9 Å². The SMILES string of the molecule is C=C/C=C\C(=C/C=C)c1ccc(C(/C=C\C)=C/C=C)c2nn(BP)nc12. The van der Waals surface area contributed by atoms with E-state index < -0.39 is 0 Å². The van der Waals surface area contributed by atoms with Gasteiger partial charge in [-0.05, 0) is 18.1 Å². The van der Waals surface area contributed by atoms with Crippen LogP contribution in [0.1, 0.15) is 18.1 Å². The van der Waals surface area contributed by atoms with Gasteiger partial charge >= 0.3 is 7.13 Å². The van der Waals surface area contributed by atoms with E-state index in [1.54, 1.807) is 22.9 Å². The van der Waals surface area contributed by atoms with Gasteiger partial charge in [-0.2, -0.15) is 10.2 Å². The van der Waals surface area contributed by atoms with Crippen LogP contribution in [0.2, 0.25) is 0 Å². The van der Waals surface area contributed by atoms with Gasteiger partial charge < -0.3 is 0 Å². The molecule has 0 fully saturated rings. The van der Waals surface area contributed by atoms with Crippen LogP contribution in [0, 0.1) is 0 Å². The predicted molar refractivity (Wildman–Crippen MR) is 120 cm³/mol. The van der Waals surface area contributed by atoms with Gasteiger partial charge in [-0.3, -0.25) is 0 Å². The first-order chi connectivity index (χ1) is 12.7. The lowest BCUT2D eigenvalue weighted by molar-refractivity contribution is 0.859. The summed E-state index contributed by atoms with van der Waals surface area (Å²) in [6, 6.07) is 4.15. The number of fused-ring (bicyclic) bond motifs is 1. The molecule has 0 radical (unpaired) electrons. The van der Waals surface area contributed by atoms with Crippen LogP contribution in [0.5, 0.6) is 0 Å². The molecule has 1 aromatic carbocycles. The first-order valence-corrected chi connectivity index (χ1v) is 9.17. The Morgan fingerprint density at radius 2 is 1.50 bits per heavy atom. The van der Waals surface area contributed by atoms with E-state index in [1.807, 2.05) is 43.4 Å². The molecule has 2 aromatic rings. The molecule has 26 heavy (non-hydrogen) atoms. The van der Waals surface area contributed by atoms with Gasteiger partial charge in [0.1, 0.15) is 11.0 Å². The molecule has 0 N–H and O–H groups in total. The molecular formula is C21H23BN3P. The zero-order valence-corrected chi connectivity index (χ0v) is 16.3. The van der Waals surface area contributed by atoms with E-state index in [4.69, 9.17) is 0 Å². The van der Waals surface area contributed by atoms with E-state index in [0.717, 1.165) is 33.3 Å². The highest BCUT2D eigenvalue weighted by molar-refractivity contribution is 7.55. The van der Waals surface area contributed by atoms with Crippen molar-refractivity contribution in [1.29, 1.82) is 0 Å².